The van der Waals surface area contributed by atoms with Crippen molar-refractivity contribution < 1.29 is 0 Å². The smallest absolute Gasteiger partial charge is 0.0618 e. The van der Waals surface area contributed by atoms with Crippen molar-refractivity contribution in [1.82, 2.24) is 4.57 Å². The van der Waals surface area contributed by atoms with Crippen molar-refractivity contribution in [2.45, 2.75) is 83.5 Å². The molecule has 2 aromatic heterocycles. The molecule has 4 heteroatoms. The second-order valence-electron chi connectivity index (χ2n) is 22.1. The highest BCUT2D eigenvalue weighted by atomic mass is 32.1. The maximum atomic E-state index is 9.18. The molecule has 78 heavy (non-hydrogen) atoms. The first-order chi connectivity index (χ1) is 38.5. The molecule has 3 saturated carbocycles. The lowest BCUT2D eigenvalue weighted by Gasteiger charge is -2.29. The number of nitrogens with one attached hydrogen (secondary N) is 1. The van der Waals surface area contributed by atoms with Gasteiger partial charge in [-0.1, -0.05) is 182 Å². The Balaban J connectivity index is 0.925. The number of aromatic nitrogens is 1. The molecule has 0 saturated heterocycles. The third-order valence-electron chi connectivity index (χ3n) is 17.2. The molecular formula is C74H67N3S. The molecule has 1 atom stereocenters. The van der Waals surface area contributed by atoms with Gasteiger partial charge in [-0.25, -0.2) is 0 Å². The monoisotopic (exact) mass is 1030 g/mol. The summed E-state index contributed by atoms with van der Waals surface area (Å²) in [5.74, 6) is 1.18. The highest BCUT2D eigenvalue weighted by molar-refractivity contribution is 7.25. The van der Waals surface area contributed by atoms with Crippen molar-refractivity contribution in [2.24, 2.45) is 17.6 Å². The highest BCUT2D eigenvalue weighted by Crippen LogP contribution is 2.45. The van der Waals surface area contributed by atoms with Gasteiger partial charge in [-0.2, -0.15) is 0 Å². The number of allylic oxidation sites excluding steroid dienone is 15. The second kappa shape index (κ2) is 22.1. The number of rotatable bonds is 12. The Hall–Kier alpha value is -8.05. The van der Waals surface area contributed by atoms with Gasteiger partial charge >= 0.3 is 0 Å². The molecule has 2 heterocycles. The van der Waals surface area contributed by atoms with Crippen LogP contribution in [0.3, 0.4) is 0 Å². The lowest BCUT2D eigenvalue weighted by atomic mass is 9.76. The summed E-state index contributed by atoms with van der Waals surface area (Å²) in [6.45, 7) is 0. The standard InChI is InChI=1S/C74H67N3S/c75-69(35-16-7-23-50-19-2-1-3-20-50)63-33-14-11-30-60(63)55-38-42-72-66(47-55)65-46-54(59-29-10-13-32-62(59)58-28-9-6-25-52-26-18-27-53(58)45-52)37-41-71(65)77(72)57-40-44-74-68(49-57)67-48-56(39-43-73(67)78-74)61-31-12-15-34-64(61)70(76)36-17-8-24-51-21-4-5-22-51/h6-17,23-25,28-44,46-49,51,53,76H,1-5,18-22,26-27,45,75H2/b9-6-,16-7-,24-8-,36-17-,52-25-,58-28+,69-35-,76-70?. The van der Waals surface area contributed by atoms with Gasteiger partial charge in [0.1, 0.15) is 0 Å². The number of hydrogen-bond acceptors (Lipinski definition) is 3. The highest BCUT2D eigenvalue weighted by Gasteiger charge is 2.25. The number of nitrogens with two attached hydrogens (primary N) is 1. The second-order valence-corrected chi connectivity index (χ2v) is 23.2. The van der Waals surface area contributed by atoms with Crippen LogP contribution in [0.15, 0.2) is 230 Å². The van der Waals surface area contributed by atoms with Crippen LogP contribution in [0.2, 0.25) is 0 Å². The first kappa shape index (κ1) is 49.5. The van der Waals surface area contributed by atoms with Gasteiger partial charge in [-0.3, -0.25) is 0 Å². The van der Waals surface area contributed by atoms with Crippen LogP contribution in [0.5, 0.6) is 0 Å². The van der Waals surface area contributed by atoms with E-state index >= 15 is 0 Å². The van der Waals surface area contributed by atoms with E-state index < -0.39 is 0 Å². The Labute approximate surface area is 464 Å². The summed E-state index contributed by atoms with van der Waals surface area (Å²) < 4.78 is 4.99. The van der Waals surface area contributed by atoms with Gasteiger partial charge in [-0.15, -0.1) is 11.3 Å². The summed E-state index contributed by atoms with van der Waals surface area (Å²) in [4.78, 5) is 0. The van der Waals surface area contributed by atoms with Crippen LogP contribution in [0.25, 0.3) is 92.3 Å². The van der Waals surface area contributed by atoms with Gasteiger partial charge in [0.15, 0.2) is 0 Å². The topological polar surface area (TPSA) is 54.8 Å². The molecule has 0 spiro atoms. The van der Waals surface area contributed by atoms with Crippen molar-refractivity contribution >= 4 is 70.3 Å². The fourth-order valence-electron chi connectivity index (χ4n) is 13.2. The van der Waals surface area contributed by atoms with Gasteiger partial charge in [0.2, 0.25) is 0 Å². The molecule has 0 radical (unpaired) electrons. The third-order valence-corrected chi connectivity index (χ3v) is 18.3. The number of benzene rings is 7. The fraction of sp³-hybridized carbons (Fsp3) is 0.203. The zero-order valence-electron chi connectivity index (χ0n) is 44.6. The minimum absolute atomic E-state index is 0.508. The predicted octanol–water partition coefficient (Wildman–Crippen LogP) is 20.6. The normalized spacial score (nSPS) is 19.3. The first-order valence-electron chi connectivity index (χ1n) is 28.7. The zero-order chi connectivity index (χ0) is 52.4. The molecule has 4 aliphatic carbocycles. The Morgan fingerprint density at radius 1 is 0.538 bits per heavy atom. The maximum Gasteiger partial charge on any atom is 0.0618 e. The van der Waals surface area contributed by atoms with Gasteiger partial charge in [0.05, 0.1) is 16.7 Å². The van der Waals surface area contributed by atoms with Crippen LogP contribution < -0.4 is 5.73 Å². The minimum atomic E-state index is 0.508. The Morgan fingerprint density at radius 3 is 1.94 bits per heavy atom. The number of nitrogens with zero attached hydrogens (tertiary/aromatic N) is 1. The van der Waals surface area contributed by atoms with E-state index in [0.717, 1.165) is 56.7 Å². The number of thiophene rings is 1. The molecular weight excluding hydrogens is 963 g/mol. The lowest BCUT2D eigenvalue weighted by molar-refractivity contribution is 0.507. The van der Waals surface area contributed by atoms with Gasteiger partial charge in [0, 0.05) is 53.5 Å². The van der Waals surface area contributed by atoms with E-state index in [0.29, 0.717) is 17.5 Å². The van der Waals surface area contributed by atoms with Crippen molar-refractivity contribution in [3.05, 3.63) is 246 Å². The van der Waals surface area contributed by atoms with E-state index in [-0.39, 0.29) is 0 Å². The molecule has 3 N–H and O–H groups in total. The van der Waals surface area contributed by atoms with Crippen LogP contribution in [0, 0.1) is 17.2 Å². The molecule has 0 amide bonds. The SMILES string of the molecule is N=C(/C=C\C=C/C1CCCC1)c1ccccc1-c1ccc2sc3ccc(-n4c5ccc(-c6ccccc6/C(N)=C/C=C\C=C6CCCCC6)cc5c5cc(-c6ccccc6/C6=C/C=C\C=C7\CCCC6C7)ccc54)cc3c2c1. The lowest BCUT2D eigenvalue weighted by Crippen LogP contribution is -2.12. The molecule has 13 rings (SSSR count). The summed E-state index contributed by atoms with van der Waals surface area (Å²) in [6.07, 6.45) is 42.6. The largest absolute Gasteiger partial charge is 0.398 e. The summed E-state index contributed by atoms with van der Waals surface area (Å²) >= 11 is 1.85. The summed E-state index contributed by atoms with van der Waals surface area (Å²) in [5.41, 5.74) is 26.5. The van der Waals surface area contributed by atoms with Crippen molar-refractivity contribution in [3.8, 4) is 39.1 Å². The molecule has 384 valence electrons. The van der Waals surface area contributed by atoms with E-state index in [1.54, 1.807) is 5.57 Å². The number of hydrogen-bond donors (Lipinski definition) is 2. The van der Waals surface area contributed by atoms with E-state index in [4.69, 9.17) is 5.73 Å². The molecule has 2 bridgehead atoms. The van der Waals surface area contributed by atoms with Crippen molar-refractivity contribution in [3.63, 3.8) is 0 Å². The van der Waals surface area contributed by atoms with Crippen LogP contribution in [-0.4, -0.2) is 10.3 Å². The van der Waals surface area contributed by atoms with Crippen LogP contribution >= 0.6 is 11.3 Å². The quantitative estimate of drug-likeness (QED) is 0.0930. The predicted molar refractivity (Wildman–Crippen MR) is 337 cm³/mol. The van der Waals surface area contributed by atoms with Crippen LogP contribution in [-0.2, 0) is 0 Å². The molecule has 3 fully saturated rings. The van der Waals surface area contributed by atoms with Gasteiger partial charge < -0.3 is 15.7 Å². The third kappa shape index (κ3) is 9.95. The Kier molecular flexibility index (Phi) is 14.0. The average Bonchev–Trinajstić information content (AvgIpc) is 4.42. The van der Waals surface area contributed by atoms with Gasteiger partial charge in [-0.05, 0) is 187 Å². The molecule has 9 aromatic rings. The molecule has 4 aliphatic rings. The molecule has 7 aromatic carbocycles. The summed E-state index contributed by atoms with van der Waals surface area (Å²) in [6, 6.07) is 54.1. The van der Waals surface area contributed by atoms with E-state index in [2.05, 4.69) is 211 Å². The van der Waals surface area contributed by atoms with Crippen LogP contribution in [0.1, 0.15) is 100 Å². The summed E-state index contributed by atoms with van der Waals surface area (Å²) in [5, 5.41) is 14.1. The molecule has 1 unspecified atom stereocenters. The maximum absolute atomic E-state index is 9.18. The Bertz CT molecular complexity index is 4040. The van der Waals surface area contributed by atoms with E-state index in [1.807, 2.05) is 23.5 Å². The van der Waals surface area contributed by atoms with Crippen LogP contribution in [0.4, 0.5) is 0 Å². The summed E-state index contributed by atoms with van der Waals surface area (Å²) in [7, 11) is 0. The molecule has 0 aliphatic heterocycles. The van der Waals surface area contributed by atoms with Gasteiger partial charge in [0.25, 0.3) is 0 Å². The van der Waals surface area contributed by atoms with E-state index in [9.17, 15) is 5.41 Å². The average molecular weight is 1030 g/mol. The first-order valence-corrected chi connectivity index (χ1v) is 29.5. The van der Waals surface area contributed by atoms with Crippen molar-refractivity contribution in [2.75, 3.05) is 0 Å². The Morgan fingerprint density at radius 2 is 1.17 bits per heavy atom. The van der Waals surface area contributed by atoms with E-state index in [1.165, 1.54) is 141 Å². The fourth-order valence-corrected chi connectivity index (χ4v) is 14.3. The number of fused-ring (bicyclic) bond motifs is 8. The minimum Gasteiger partial charge on any atom is -0.398 e. The molecule has 3 nitrogen and oxygen atoms in total. The van der Waals surface area contributed by atoms with Crippen molar-refractivity contribution in [1.29, 1.82) is 5.41 Å². The zero-order valence-corrected chi connectivity index (χ0v) is 45.4.